The Bertz CT molecular complexity index is 1470. The summed E-state index contributed by atoms with van der Waals surface area (Å²) in [6.45, 7) is 2.46. The van der Waals surface area contributed by atoms with Gasteiger partial charge in [0.1, 0.15) is 29.6 Å². The molecule has 0 unspecified atom stereocenters. The third kappa shape index (κ3) is 8.01. The highest BCUT2D eigenvalue weighted by Gasteiger charge is 2.10. The van der Waals surface area contributed by atoms with Gasteiger partial charge in [0.05, 0.1) is 12.3 Å². The van der Waals surface area contributed by atoms with Gasteiger partial charge in [0.2, 0.25) is 0 Å². The highest BCUT2D eigenvalue weighted by atomic mass is 16.5. The molecule has 0 saturated heterocycles. The van der Waals surface area contributed by atoms with Crippen molar-refractivity contribution in [2.45, 2.75) is 20.0 Å². The summed E-state index contributed by atoms with van der Waals surface area (Å²) in [7, 11) is 1.73. The third-order valence-corrected chi connectivity index (χ3v) is 6.18. The minimum atomic E-state index is -1.01. The third-order valence-electron chi connectivity index (χ3n) is 6.18. The fourth-order valence-electron chi connectivity index (χ4n) is 4.00. The van der Waals surface area contributed by atoms with E-state index in [2.05, 4.69) is 9.98 Å². The molecular formula is C34H32N2O4. The highest BCUT2D eigenvalue weighted by molar-refractivity contribution is 6.35. The van der Waals surface area contributed by atoms with Crippen molar-refractivity contribution in [3.63, 3.8) is 0 Å². The molecule has 0 heterocycles. The first-order valence-electron chi connectivity index (χ1n) is 13.1. The maximum absolute atomic E-state index is 11.6. The van der Waals surface area contributed by atoms with Gasteiger partial charge in [0, 0.05) is 7.05 Å². The highest BCUT2D eigenvalue weighted by Crippen LogP contribution is 2.24. The summed E-state index contributed by atoms with van der Waals surface area (Å²) in [5, 5.41) is 9.48. The zero-order valence-electron chi connectivity index (χ0n) is 22.7. The van der Waals surface area contributed by atoms with E-state index in [-0.39, 0.29) is 12.3 Å². The number of aliphatic carboxylic acids is 1. The normalized spacial score (nSPS) is 12.2. The fourth-order valence-corrected chi connectivity index (χ4v) is 4.00. The number of carbonyl (C=O) groups is 1. The van der Waals surface area contributed by atoms with Crippen LogP contribution in [0.3, 0.4) is 0 Å². The van der Waals surface area contributed by atoms with Crippen molar-refractivity contribution in [3.8, 4) is 17.2 Å². The van der Waals surface area contributed by atoms with Crippen LogP contribution in [0.15, 0.2) is 125 Å². The van der Waals surface area contributed by atoms with E-state index < -0.39 is 5.97 Å². The first-order valence-corrected chi connectivity index (χ1v) is 13.1. The lowest BCUT2D eigenvalue weighted by Crippen LogP contribution is -2.12. The lowest BCUT2D eigenvalue weighted by atomic mass is 10.0. The van der Waals surface area contributed by atoms with Gasteiger partial charge in [0.15, 0.2) is 0 Å². The maximum Gasteiger partial charge on any atom is 0.349 e. The van der Waals surface area contributed by atoms with Gasteiger partial charge >= 0.3 is 5.97 Å². The quantitative estimate of drug-likeness (QED) is 0.192. The smallest absolute Gasteiger partial charge is 0.349 e. The van der Waals surface area contributed by atoms with E-state index in [0.29, 0.717) is 13.0 Å². The first-order chi connectivity index (χ1) is 19.6. The van der Waals surface area contributed by atoms with Gasteiger partial charge in [-0.25, -0.2) is 4.79 Å². The zero-order chi connectivity index (χ0) is 28.2. The number of carboxylic acid groups (broad SMARTS) is 1. The Morgan fingerprint density at radius 1 is 0.775 bits per heavy atom. The molecule has 0 aliphatic rings. The van der Waals surface area contributed by atoms with Crippen molar-refractivity contribution < 1.29 is 19.4 Å². The number of hydrogen-bond donors (Lipinski definition) is 1. The number of para-hydroxylation sites is 1. The second-order valence-corrected chi connectivity index (χ2v) is 8.94. The van der Waals surface area contributed by atoms with Crippen LogP contribution in [0.5, 0.6) is 17.2 Å². The summed E-state index contributed by atoms with van der Waals surface area (Å²) in [5.74, 6) is 1.22. The van der Waals surface area contributed by atoms with Crippen molar-refractivity contribution >= 4 is 23.0 Å². The summed E-state index contributed by atoms with van der Waals surface area (Å²) >= 11 is 0. The minimum Gasteiger partial charge on any atom is -0.489 e. The number of nitrogens with zero attached hydrogens (tertiary/aromatic N) is 2. The van der Waals surface area contributed by atoms with Crippen LogP contribution in [0.4, 0.5) is 0 Å². The van der Waals surface area contributed by atoms with E-state index in [9.17, 15) is 9.90 Å². The lowest BCUT2D eigenvalue weighted by Gasteiger charge is -2.11. The molecule has 0 radical (unpaired) electrons. The molecule has 0 saturated carbocycles. The molecule has 1 N–H and O–H groups in total. The predicted octanol–water partition coefficient (Wildman–Crippen LogP) is 7.50. The average Bonchev–Trinajstić information content (AvgIpc) is 3.00. The number of benzene rings is 4. The van der Waals surface area contributed by atoms with Gasteiger partial charge in [-0.15, -0.1) is 0 Å². The Hall–Kier alpha value is -4.97. The number of ether oxygens (including phenoxy) is 2. The fraction of sp³-hybridized carbons (Fsp3) is 0.147. The Morgan fingerprint density at radius 2 is 1.35 bits per heavy atom. The molecule has 0 bridgehead atoms. The maximum atomic E-state index is 11.6. The van der Waals surface area contributed by atoms with E-state index >= 15 is 0 Å². The van der Waals surface area contributed by atoms with Crippen LogP contribution in [0.25, 0.3) is 5.57 Å². The van der Waals surface area contributed by atoms with Crippen LogP contribution in [-0.4, -0.2) is 36.1 Å². The van der Waals surface area contributed by atoms with E-state index in [1.807, 2.05) is 115 Å². The van der Waals surface area contributed by atoms with Gasteiger partial charge in [-0.1, -0.05) is 67.6 Å². The van der Waals surface area contributed by atoms with Crippen molar-refractivity contribution in [2.75, 3.05) is 13.6 Å². The summed E-state index contributed by atoms with van der Waals surface area (Å²) in [6.07, 6.45) is 2.29. The predicted molar refractivity (Wildman–Crippen MR) is 161 cm³/mol. The molecule has 0 atom stereocenters. The van der Waals surface area contributed by atoms with Crippen LogP contribution >= 0.6 is 0 Å². The minimum absolute atomic E-state index is 0.131. The second-order valence-electron chi connectivity index (χ2n) is 8.94. The molecule has 6 nitrogen and oxygen atoms in total. The second kappa shape index (κ2) is 14.3. The zero-order valence-corrected chi connectivity index (χ0v) is 22.7. The molecule has 4 aromatic carbocycles. The molecule has 4 aromatic rings. The molecule has 0 spiro atoms. The Balaban J connectivity index is 1.57. The van der Waals surface area contributed by atoms with Crippen LogP contribution < -0.4 is 9.47 Å². The molecule has 6 heteroatoms. The van der Waals surface area contributed by atoms with E-state index in [1.54, 1.807) is 14.0 Å². The summed E-state index contributed by atoms with van der Waals surface area (Å²) in [4.78, 5) is 20.5. The van der Waals surface area contributed by atoms with Crippen molar-refractivity contribution in [1.82, 2.24) is 0 Å². The van der Waals surface area contributed by atoms with Crippen LogP contribution in [0.1, 0.15) is 30.0 Å². The van der Waals surface area contributed by atoms with Crippen molar-refractivity contribution in [1.29, 1.82) is 0 Å². The lowest BCUT2D eigenvalue weighted by molar-refractivity contribution is -0.129. The van der Waals surface area contributed by atoms with E-state index in [1.165, 1.54) is 0 Å². The number of rotatable bonds is 12. The summed E-state index contributed by atoms with van der Waals surface area (Å²) in [6, 6.07) is 35.0. The SMILES string of the molecule is CCC(=NC/C(=C\C(=NC)c1ccc(Oc2ccccc2)cc1)c1ccc(OCc2ccccc2)cc1)C(=O)O. The number of aliphatic imine (C=N–C) groups is 2. The number of allylic oxidation sites excluding steroid dienone is 1. The molecule has 40 heavy (non-hydrogen) atoms. The van der Waals surface area contributed by atoms with E-state index in [4.69, 9.17) is 9.47 Å². The summed E-state index contributed by atoms with van der Waals surface area (Å²) < 4.78 is 11.9. The first kappa shape index (κ1) is 28.0. The standard InChI is InChI=1S/C34H32N2O4/c1-3-32(34(37)38)36-23-28(26-14-18-29(19-15-26)39-24-25-10-6-4-7-11-25)22-33(35-2)27-16-20-31(21-17-27)40-30-12-8-5-9-13-30/h4-22H,3,23-24H2,1-2H3,(H,37,38)/b28-22+,35-33?,36-32?. The number of hydrogen-bond acceptors (Lipinski definition) is 5. The molecule has 0 fully saturated rings. The van der Waals surface area contributed by atoms with Crippen LogP contribution in [-0.2, 0) is 11.4 Å². The molecule has 0 aliphatic carbocycles. The van der Waals surface area contributed by atoms with Crippen LogP contribution in [0.2, 0.25) is 0 Å². The number of carboxylic acids is 1. The Morgan fingerprint density at radius 3 is 1.95 bits per heavy atom. The molecule has 202 valence electrons. The van der Waals surface area contributed by atoms with Gasteiger partial charge in [-0.2, -0.15) is 0 Å². The van der Waals surface area contributed by atoms with Gasteiger partial charge in [0.25, 0.3) is 0 Å². The van der Waals surface area contributed by atoms with Gasteiger partial charge in [-0.05, 0) is 83.3 Å². The average molecular weight is 533 g/mol. The Kier molecular flexibility index (Phi) is 10.00. The monoisotopic (exact) mass is 532 g/mol. The molecule has 4 rings (SSSR count). The van der Waals surface area contributed by atoms with Gasteiger partial charge < -0.3 is 14.6 Å². The van der Waals surface area contributed by atoms with Crippen molar-refractivity contribution in [2.24, 2.45) is 9.98 Å². The van der Waals surface area contributed by atoms with Crippen molar-refractivity contribution in [3.05, 3.63) is 132 Å². The molecule has 0 amide bonds. The molecule has 0 aromatic heterocycles. The van der Waals surface area contributed by atoms with Gasteiger partial charge in [-0.3, -0.25) is 9.98 Å². The van der Waals surface area contributed by atoms with E-state index in [0.717, 1.165) is 45.2 Å². The largest absolute Gasteiger partial charge is 0.489 e. The topological polar surface area (TPSA) is 80.5 Å². The molecular weight excluding hydrogens is 500 g/mol. The summed E-state index contributed by atoms with van der Waals surface area (Å²) in [5.41, 5.74) is 4.61. The van der Waals surface area contributed by atoms with Crippen LogP contribution in [0, 0.1) is 0 Å². The molecule has 0 aliphatic heterocycles. The Labute approximate surface area is 235 Å².